The monoisotopic (exact) mass is 330 g/mol. The van der Waals surface area contributed by atoms with Gasteiger partial charge in [-0.05, 0) is 63.2 Å². The Balaban J connectivity index is 1.92. The van der Waals surface area contributed by atoms with E-state index in [0.29, 0.717) is 12.1 Å². The van der Waals surface area contributed by atoms with Gasteiger partial charge in [-0.1, -0.05) is 0 Å². The number of aliphatic hydroxyl groups excluding tert-OH is 1. The van der Waals surface area contributed by atoms with Gasteiger partial charge in [0.1, 0.15) is 5.58 Å². The SMILES string of the molecule is Cc1cc2oc(=O)cc(CN3CC[C@H](O)[C@@H](N(C)C)C3)c2cc1C. The van der Waals surface area contributed by atoms with E-state index in [1.165, 1.54) is 5.56 Å². The van der Waals surface area contributed by atoms with Crippen LogP contribution in [0.15, 0.2) is 27.4 Å². The average Bonchev–Trinajstić information content (AvgIpc) is 2.51. The summed E-state index contributed by atoms with van der Waals surface area (Å²) < 4.78 is 5.38. The molecule has 1 aliphatic rings. The van der Waals surface area contributed by atoms with Crippen molar-refractivity contribution < 1.29 is 9.52 Å². The number of rotatable bonds is 3. The Morgan fingerprint density at radius 3 is 2.67 bits per heavy atom. The molecule has 0 unspecified atom stereocenters. The molecule has 1 aliphatic heterocycles. The van der Waals surface area contributed by atoms with Gasteiger partial charge in [0.25, 0.3) is 0 Å². The van der Waals surface area contributed by atoms with E-state index < -0.39 is 0 Å². The third-order valence-corrected chi connectivity index (χ3v) is 5.13. The fraction of sp³-hybridized carbons (Fsp3) is 0.526. The van der Waals surface area contributed by atoms with Crippen molar-refractivity contribution in [2.45, 2.75) is 39.0 Å². The van der Waals surface area contributed by atoms with E-state index in [1.807, 2.05) is 27.1 Å². The maximum atomic E-state index is 11.9. The van der Waals surface area contributed by atoms with Gasteiger partial charge in [0.05, 0.1) is 6.10 Å². The Morgan fingerprint density at radius 2 is 1.96 bits per heavy atom. The molecule has 1 N–H and O–H groups in total. The molecule has 1 saturated heterocycles. The molecule has 0 aliphatic carbocycles. The summed E-state index contributed by atoms with van der Waals surface area (Å²) in [7, 11) is 3.99. The molecule has 5 heteroatoms. The van der Waals surface area contributed by atoms with Crippen LogP contribution in [-0.4, -0.2) is 54.2 Å². The molecule has 24 heavy (non-hydrogen) atoms. The molecule has 0 amide bonds. The molecular formula is C19H26N2O3. The van der Waals surface area contributed by atoms with E-state index in [4.69, 9.17) is 4.42 Å². The van der Waals surface area contributed by atoms with Gasteiger partial charge in [-0.3, -0.25) is 4.90 Å². The summed E-state index contributed by atoms with van der Waals surface area (Å²) in [6.45, 7) is 6.42. The molecule has 1 aromatic heterocycles. The predicted octanol–water partition coefficient (Wildman–Crippen LogP) is 1.91. The molecule has 0 bridgehead atoms. The fourth-order valence-corrected chi connectivity index (χ4v) is 3.49. The first-order chi connectivity index (χ1) is 11.3. The van der Waals surface area contributed by atoms with Crippen LogP contribution in [0.3, 0.4) is 0 Å². The number of hydrogen-bond donors (Lipinski definition) is 1. The fourth-order valence-electron chi connectivity index (χ4n) is 3.49. The average molecular weight is 330 g/mol. The lowest BCUT2D eigenvalue weighted by molar-refractivity contribution is 0.00463. The summed E-state index contributed by atoms with van der Waals surface area (Å²) in [4.78, 5) is 16.3. The highest BCUT2D eigenvalue weighted by Crippen LogP contribution is 2.24. The van der Waals surface area contributed by atoms with Crippen LogP contribution in [0.2, 0.25) is 0 Å². The first kappa shape index (κ1) is 17.1. The third-order valence-electron chi connectivity index (χ3n) is 5.13. The van der Waals surface area contributed by atoms with E-state index >= 15 is 0 Å². The second-order valence-electron chi connectivity index (χ2n) is 7.15. The Hall–Kier alpha value is -1.69. The standard InChI is InChI=1S/C19H26N2O3/c1-12-7-15-14(9-19(23)24-18(15)8-13(12)2)10-21-6-5-17(22)16(11-21)20(3)4/h7-9,16-17,22H,5-6,10-11H2,1-4H3/t16-,17-/m0/s1. The van der Waals surface area contributed by atoms with Crippen molar-refractivity contribution in [3.05, 3.63) is 45.3 Å². The molecule has 3 rings (SSSR count). The zero-order valence-corrected chi connectivity index (χ0v) is 14.9. The van der Waals surface area contributed by atoms with E-state index in [1.54, 1.807) is 6.07 Å². The number of likely N-dealkylation sites (tertiary alicyclic amines) is 1. The summed E-state index contributed by atoms with van der Waals surface area (Å²) in [5, 5.41) is 11.2. The van der Waals surface area contributed by atoms with Crippen LogP contribution < -0.4 is 5.63 Å². The molecule has 2 aromatic rings. The molecule has 0 spiro atoms. The Labute approximate surface area is 142 Å². The van der Waals surface area contributed by atoms with Crippen molar-refractivity contribution in [2.75, 3.05) is 27.2 Å². The summed E-state index contributed by atoms with van der Waals surface area (Å²) in [6.07, 6.45) is 0.458. The second-order valence-corrected chi connectivity index (χ2v) is 7.15. The number of aliphatic hydroxyl groups is 1. The smallest absolute Gasteiger partial charge is 0.336 e. The highest BCUT2D eigenvalue weighted by Gasteiger charge is 2.29. The molecule has 1 fully saturated rings. The van der Waals surface area contributed by atoms with E-state index in [0.717, 1.165) is 36.0 Å². The first-order valence-electron chi connectivity index (χ1n) is 8.46. The summed E-state index contributed by atoms with van der Waals surface area (Å²) >= 11 is 0. The zero-order chi connectivity index (χ0) is 17.4. The van der Waals surface area contributed by atoms with Gasteiger partial charge in [-0.15, -0.1) is 0 Å². The summed E-state index contributed by atoms with van der Waals surface area (Å²) in [6, 6.07) is 5.77. The van der Waals surface area contributed by atoms with E-state index in [-0.39, 0.29) is 17.8 Å². The Kier molecular flexibility index (Phi) is 4.76. The largest absolute Gasteiger partial charge is 0.423 e. The first-order valence-corrected chi connectivity index (χ1v) is 8.46. The minimum absolute atomic E-state index is 0.120. The topological polar surface area (TPSA) is 56.9 Å². The van der Waals surface area contributed by atoms with Gasteiger partial charge in [0.2, 0.25) is 0 Å². The predicted molar refractivity (Wildman–Crippen MR) is 95.3 cm³/mol. The molecule has 0 radical (unpaired) electrons. The highest BCUT2D eigenvalue weighted by molar-refractivity contribution is 5.81. The van der Waals surface area contributed by atoms with Crippen molar-refractivity contribution in [1.82, 2.24) is 9.80 Å². The van der Waals surface area contributed by atoms with Gasteiger partial charge in [0, 0.05) is 37.1 Å². The van der Waals surface area contributed by atoms with Crippen molar-refractivity contribution in [3.63, 3.8) is 0 Å². The van der Waals surface area contributed by atoms with Crippen molar-refractivity contribution in [2.24, 2.45) is 0 Å². The number of benzene rings is 1. The van der Waals surface area contributed by atoms with Crippen LogP contribution in [0.25, 0.3) is 11.0 Å². The number of fused-ring (bicyclic) bond motifs is 1. The molecular weight excluding hydrogens is 304 g/mol. The lowest BCUT2D eigenvalue weighted by Gasteiger charge is -2.39. The quantitative estimate of drug-likeness (QED) is 0.871. The van der Waals surface area contributed by atoms with Crippen LogP contribution in [0, 0.1) is 13.8 Å². The zero-order valence-electron chi connectivity index (χ0n) is 14.9. The number of hydrogen-bond acceptors (Lipinski definition) is 5. The van der Waals surface area contributed by atoms with Crippen molar-refractivity contribution in [3.8, 4) is 0 Å². The van der Waals surface area contributed by atoms with Crippen LogP contribution in [0.5, 0.6) is 0 Å². The second kappa shape index (κ2) is 6.67. The maximum absolute atomic E-state index is 11.9. The molecule has 130 valence electrons. The molecule has 1 aromatic carbocycles. The molecule has 0 saturated carbocycles. The minimum atomic E-state index is -0.304. The van der Waals surface area contributed by atoms with E-state index in [9.17, 15) is 9.90 Å². The van der Waals surface area contributed by atoms with Crippen LogP contribution in [0.1, 0.15) is 23.1 Å². The summed E-state index contributed by atoms with van der Waals surface area (Å²) in [5.74, 6) is 0. The number of nitrogens with zero attached hydrogens (tertiary/aromatic N) is 2. The van der Waals surface area contributed by atoms with Gasteiger partial charge < -0.3 is 14.4 Å². The normalized spacial score (nSPS) is 22.4. The Morgan fingerprint density at radius 1 is 1.25 bits per heavy atom. The van der Waals surface area contributed by atoms with Crippen molar-refractivity contribution in [1.29, 1.82) is 0 Å². The van der Waals surface area contributed by atoms with Crippen LogP contribution >= 0.6 is 0 Å². The number of piperidine rings is 1. The van der Waals surface area contributed by atoms with Crippen molar-refractivity contribution >= 4 is 11.0 Å². The van der Waals surface area contributed by atoms with Crippen LogP contribution in [-0.2, 0) is 6.54 Å². The van der Waals surface area contributed by atoms with Crippen LogP contribution in [0.4, 0.5) is 0 Å². The van der Waals surface area contributed by atoms with Gasteiger partial charge in [0.15, 0.2) is 0 Å². The van der Waals surface area contributed by atoms with Gasteiger partial charge in [-0.2, -0.15) is 0 Å². The molecule has 2 atom stereocenters. The van der Waals surface area contributed by atoms with Gasteiger partial charge >= 0.3 is 5.63 Å². The van der Waals surface area contributed by atoms with Gasteiger partial charge in [-0.25, -0.2) is 4.79 Å². The lowest BCUT2D eigenvalue weighted by Crippen LogP contribution is -2.52. The van der Waals surface area contributed by atoms with E-state index in [2.05, 4.69) is 22.8 Å². The third kappa shape index (κ3) is 3.38. The molecule has 2 heterocycles. The number of likely N-dealkylation sites (N-methyl/N-ethyl adjacent to an activating group) is 1. The highest BCUT2D eigenvalue weighted by atomic mass is 16.4. The lowest BCUT2D eigenvalue weighted by atomic mass is 9.99. The number of aryl methyl sites for hydroxylation is 2. The summed E-state index contributed by atoms with van der Waals surface area (Å²) in [5.41, 5.74) is 3.66. The Bertz CT molecular complexity index is 797. The minimum Gasteiger partial charge on any atom is -0.423 e. The molecule has 5 nitrogen and oxygen atoms in total. The maximum Gasteiger partial charge on any atom is 0.336 e.